The van der Waals surface area contributed by atoms with Crippen molar-refractivity contribution in [1.82, 2.24) is 20.2 Å². The normalized spacial score (nSPS) is 11.0. The summed E-state index contributed by atoms with van der Waals surface area (Å²) in [6.45, 7) is 0. The average molecular weight is 370 g/mol. The Balaban J connectivity index is 1.44. The number of benzene rings is 2. The van der Waals surface area contributed by atoms with Crippen molar-refractivity contribution in [3.8, 4) is 22.8 Å². The molecule has 0 saturated carbocycles. The summed E-state index contributed by atoms with van der Waals surface area (Å²) in [5.74, 6) is 0.603. The summed E-state index contributed by atoms with van der Waals surface area (Å²) in [6, 6.07) is 12.3. The number of hydrogen-bond acceptors (Lipinski definition) is 5. The van der Waals surface area contributed by atoms with Gasteiger partial charge in [-0.2, -0.15) is 0 Å². The van der Waals surface area contributed by atoms with Gasteiger partial charge >= 0.3 is 0 Å². The number of nitrogens with zero attached hydrogens (tertiary/aromatic N) is 3. The van der Waals surface area contributed by atoms with E-state index in [2.05, 4.69) is 20.2 Å². The number of nitrogens with one attached hydrogen (secondary N) is 1. The molecule has 0 aliphatic heterocycles. The fourth-order valence-electron chi connectivity index (χ4n) is 2.32. The fourth-order valence-corrected chi connectivity index (χ4v) is 3.00. The summed E-state index contributed by atoms with van der Waals surface area (Å²) < 4.78 is 32.2. The second-order valence-corrected chi connectivity index (χ2v) is 6.33. The van der Waals surface area contributed by atoms with E-state index in [1.807, 2.05) is 0 Å². The summed E-state index contributed by atoms with van der Waals surface area (Å²) in [5.41, 5.74) is 1.76. The number of aromatic amines is 1. The highest BCUT2D eigenvalue weighted by Gasteiger charge is 2.12. The summed E-state index contributed by atoms with van der Waals surface area (Å²) in [4.78, 5) is 8.66. The van der Waals surface area contributed by atoms with Crippen LogP contribution in [0.1, 0.15) is 5.69 Å². The zero-order valence-electron chi connectivity index (χ0n) is 13.3. The predicted octanol–water partition coefficient (Wildman–Crippen LogP) is 4.70. The van der Waals surface area contributed by atoms with Crippen LogP contribution in [-0.2, 0) is 5.75 Å². The lowest BCUT2D eigenvalue weighted by molar-refractivity contribution is 0.573. The van der Waals surface area contributed by atoms with E-state index in [0.717, 1.165) is 0 Å². The second-order valence-electron chi connectivity index (χ2n) is 5.39. The lowest BCUT2D eigenvalue weighted by Gasteiger charge is -1.96. The van der Waals surface area contributed by atoms with Crippen LogP contribution in [0.15, 0.2) is 64.4 Å². The van der Waals surface area contributed by atoms with E-state index in [1.165, 1.54) is 36.2 Å². The van der Waals surface area contributed by atoms with Crippen LogP contribution < -0.4 is 0 Å². The van der Waals surface area contributed by atoms with Crippen LogP contribution in [0.5, 0.6) is 0 Å². The quantitative estimate of drug-likeness (QED) is 0.516. The Hall–Kier alpha value is -3.00. The molecule has 4 aromatic rings. The van der Waals surface area contributed by atoms with Gasteiger partial charge in [0.15, 0.2) is 5.82 Å². The van der Waals surface area contributed by atoms with Gasteiger partial charge < -0.3 is 4.42 Å². The molecule has 2 aromatic heterocycles. The fraction of sp³-hybridized carbons (Fsp3) is 0.0556. The molecular weight excluding hydrogens is 358 g/mol. The molecule has 8 heteroatoms. The zero-order chi connectivity index (χ0) is 17.9. The minimum Gasteiger partial charge on any atom is -0.444 e. The Morgan fingerprint density at radius 2 is 1.81 bits per heavy atom. The molecule has 0 aliphatic rings. The lowest BCUT2D eigenvalue weighted by atomic mass is 10.2. The third-order valence-electron chi connectivity index (χ3n) is 3.59. The maximum Gasteiger partial charge on any atom is 0.226 e. The molecule has 0 fully saturated rings. The van der Waals surface area contributed by atoms with Crippen LogP contribution in [0.3, 0.4) is 0 Å². The molecule has 1 N–H and O–H groups in total. The molecule has 0 spiro atoms. The van der Waals surface area contributed by atoms with Gasteiger partial charge in [0, 0.05) is 11.3 Å². The van der Waals surface area contributed by atoms with Crippen molar-refractivity contribution < 1.29 is 13.2 Å². The molecule has 0 unspecified atom stereocenters. The number of halogens is 2. The number of aromatic nitrogens is 4. The number of thioether (sulfide) groups is 1. The average Bonchev–Trinajstić information content (AvgIpc) is 3.30. The van der Waals surface area contributed by atoms with Crippen LogP contribution in [0.2, 0.25) is 0 Å². The molecule has 2 aromatic carbocycles. The molecule has 4 rings (SSSR count). The van der Waals surface area contributed by atoms with Crippen molar-refractivity contribution in [2.45, 2.75) is 10.9 Å². The van der Waals surface area contributed by atoms with E-state index in [1.54, 1.807) is 30.3 Å². The van der Waals surface area contributed by atoms with E-state index in [4.69, 9.17) is 4.42 Å². The molecular formula is C18H12F2N4OS. The Morgan fingerprint density at radius 1 is 1.00 bits per heavy atom. The molecule has 5 nitrogen and oxygen atoms in total. The van der Waals surface area contributed by atoms with E-state index in [9.17, 15) is 8.78 Å². The third-order valence-corrected chi connectivity index (χ3v) is 4.47. The first-order chi connectivity index (χ1) is 12.7. The number of oxazole rings is 1. The Bertz CT molecular complexity index is 1030. The van der Waals surface area contributed by atoms with E-state index in [0.29, 0.717) is 39.4 Å². The van der Waals surface area contributed by atoms with Gasteiger partial charge in [0.1, 0.15) is 17.9 Å². The second kappa shape index (κ2) is 7.09. The molecule has 0 bridgehead atoms. The van der Waals surface area contributed by atoms with Gasteiger partial charge in [0.05, 0.1) is 11.3 Å². The Labute approximate surface area is 151 Å². The zero-order valence-corrected chi connectivity index (χ0v) is 14.1. The van der Waals surface area contributed by atoms with Gasteiger partial charge in [0.25, 0.3) is 0 Å². The van der Waals surface area contributed by atoms with Crippen LogP contribution in [-0.4, -0.2) is 20.2 Å². The predicted molar refractivity (Wildman–Crippen MR) is 93.2 cm³/mol. The van der Waals surface area contributed by atoms with E-state index in [-0.39, 0.29) is 11.6 Å². The Morgan fingerprint density at radius 3 is 2.62 bits per heavy atom. The van der Waals surface area contributed by atoms with E-state index >= 15 is 0 Å². The molecule has 130 valence electrons. The molecule has 0 atom stereocenters. The number of hydrogen-bond donors (Lipinski definition) is 1. The van der Waals surface area contributed by atoms with Crippen molar-refractivity contribution in [1.29, 1.82) is 0 Å². The maximum absolute atomic E-state index is 13.8. The first kappa shape index (κ1) is 16.5. The highest BCUT2D eigenvalue weighted by molar-refractivity contribution is 7.98. The van der Waals surface area contributed by atoms with Gasteiger partial charge in [-0.15, -0.1) is 5.10 Å². The van der Waals surface area contributed by atoms with Gasteiger partial charge in [-0.25, -0.2) is 18.7 Å². The SMILES string of the molecule is Fc1ccc(-c2nc(CSc3n[nH]c(-c4ccccc4F)n3)co2)cc1. The first-order valence-corrected chi connectivity index (χ1v) is 8.68. The van der Waals surface area contributed by atoms with Crippen LogP contribution in [0.25, 0.3) is 22.8 Å². The van der Waals surface area contributed by atoms with Crippen LogP contribution >= 0.6 is 11.8 Å². The van der Waals surface area contributed by atoms with Gasteiger partial charge in [0.2, 0.25) is 11.0 Å². The van der Waals surface area contributed by atoms with Crippen molar-refractivity contribution in [2.75, 3.05) is 0 Å². The summed E-state index contributed by atoms with van der Waals surface area (Å²) in [5, 5.41) is 7.30. The molecule has 26 heavy (non-hydrogen) atoms. The molecule has 0 aliphatic carbocycles. The van der Waals surface area contributed by atoms with Gasteiger partial charge in [-0.05, 0) is 36.4 Å². The largest absolute Gasteiger partial charge is 0.444 e. The smallest absolute Gasteiger partial charge is 0.226 e. The summed E-state index contributed by atoms with van der Waals surface area (Å²) in [7, 11) is 0. The number of rotatable bonds is 5. The highest BCUT2D eigenvalue weighted by atomic mass is 32.2. The lowest BCUT2D eigenvalue weighted by Crippen LogP contribution is -1.86. The molecule has 2 heterocycles. The molecule has 0 saturated heterocycles. The molecule has 0 amide bonds. The summed E-state index contributed by atoms with van der Waals surface area (Å²) >= 11 is 1.35. The van der Waals surface area contributed by atoms with Crippen molar-refractivity contribution in [3.63, 3.8) is 0 Å². The van der Waals surface area contributed by atoms with Crippen LogP contribution in [0.4, 0.5) is 8.78 Å². The molecule has 0 radical (unpaired) electrons. The minimum atomic E-state index is -0.361. The minimum absolute atomic E-state index is 0.314. The van der Waals surface area contributed by atoms with E-state index < -0.39 is 0 Å². The van der Waals surface area contributed by atoms with Crippen molar-refractivity contribution in [3.05, 3.63) is 72.1 Å². The monoisotopic (exact) mass is 370 g/mol. The van der Waals surface area contributed by atoms with Crippen LogP contribution in [0, 0.1) is 11.6 Å². The topological polar surface area (TPSA) is 67.6 Å². The van der Waals surface area contributed by atoms with Crippen molar-refractivity contribution >= 4 is 11.8 Å². The highest BCUT2D eigenvalue weighted by Crippen LogP contribution is 2.25. The third kappa shape index (κ3) is 3.50. The maximum atomic E-state index is 13.8. The first-order valence-electron chi connectivity index (χ1n) is 7.69. The number of H-pyrrole nitrogens is 1. The van der Waals surface area contributed by atoms with Gasteiger partial charge in [-0.3, -0.25) is 5.10 Å². The van der Waals surface area contributed by atoms with Crippen molar-refractivity contribution in [2.24, 2.45) is 0 Å². The summed E-state index contributed by atoms with van der Waals surface area (Å²) in [6.07, 6.45) is 1.54. The standard InChI is InChI=1S/C18H12F2N4OS/c19-12-7-5-11(6-8-12)17-21-13(9-25-17)10-26-18-22-16(23-24-18)14-3-1-2-4-15(14)20/h1-9H,10H2,(H,22,23,24). The van der Waals surface area contributed by atoms with Gasteiger partial charge in [-0.1, -0.05) is 23.9 Å². The Kier molecular flexibility index (Phi) is 4.49.